The number of hydrogen-bond acceptors (Lipinski definition) is 8. The van der Waals surface area contributed by atoms with E-state index in [1.807, 2.05) is 0 Å². The smallest absolute Gasteiger partial charge is 0.343 e. The van der Waals surface area contributed by atoms with Crippen molar-refractivity contribution in [2.45, 2.75) is 26.8 Å². The van der Waals surface area contributed by atoms with Gasteiger partial charge in [0.25, 0.3) is 5.91 Å². The highest BCUT2D eigenvalue weighted by atomic mass is 16.6. The van der Waals surface area contributed by atoms with Crippen molar-refractivity contribution in [1.82, 2.24) is 4.90 Å². The molecular weight excluding hydrogens is 490 g/mol. The Hall–Kier alpha value is -4.73. The summed E-state index contributed by atoms with van der Waals surface area (Å²) in [5, 5.41) is 7.41. The number of rotatable bonds is 12. The zero-order chi connectivity index (χ0) is 28.2. The van der Waals surface area contributed by atoms with Gasteiger partial charge in [-0.3, -0.25) is 10.2 Å². The van der Waals surface area contributed by atoms with Gasteiger partial charge in [-0.25, -0.2) is 14.4 Å². The number of carbonyl (C=O) groups is 4. The van der Waals surface area contributed by atoms with Gasteiger partial charge in [-0.15, -0.1) is 6.58 Å². The molecule has 0 fully saturated rings. The Bertz CT molecular complexity index is 1200. The third-order valence-corrected chi connectivity index (χ3v) is 5.16. The first-order valence-electron chi connectivity index (χ1n) is 11.8. The summed E-state index contributed by atoms with van der Waals surface area (Å²) in [7, 11) is 0. The van der Waals surface area contributed by atoms with Gasteiger partial charge in [0.15, 0.2) is 0 Å². The zero-order valence-electron chi connectivity index (χ0n) is 21.6. The average molecular weight is 522 g/mol. The molecule has 0 heterocycles. The number of esters is 3. The number of nitrogen functional groups attached to an aromatic ring is 1. The Kier molecular flexibility index (Phi) is 11.0. The Morgan fingerprint density at radius 3 is 1.95 bits per heavy atom. The maximum Gasteiger partial charge on any atom is 0.343 e. The molecule has 2 rings (SSSR count). The van der Waals surface area contributed by atoms with Gasteiger partial charge in [-0.2, -0.15) is 0 Å². The third kappa shape index (κ3) is 7.89. The van der Waals surface area contributed by atoms with E-state index in [2.05, 4.69) is 6.58 Å². The van der Waals surface area contributed by atoms with Gasteiger partial charge in [-0.1, -0.05) is 18.2 Å². The van der Waals surface area contributed by atoms with Crippen LogP contribution in [-0.2, 0) is 23.9 Å². The van der Waals surface area contributed by atoms with Gasteiger partial charge in [0.1, 0.15) is 11.6 Å². The number of hydrogen-bond donors (Lipinski definition) is 2. The summed E-state index contributed by atoms with van der Waals surface area (Å²) in [5.74, 6) is -2.77. The predicted molar refractivity (Wildman–Crippen MR) is 141 cm³/mol. The monoisotopic (exact) mass is 521 g/mol. The van der Waals surface area contributed by atoms with Crippen molar-refractivity contribution in [3.63, 3.8) is 0 Å². The Balaban J connectivity index is 2.21. The molecule has 0 aromatic heterocycles. The molecule has 10 heteroatoms. The van der Waals surface area contributed by atoms with E-state index in [9.17, 15) is 19.2 Å². The molecule has 0 saturated carbocycles. The van der Waals surface area contributed by atoms with Gasteiger partial charge >= 0.3 is 17.9 Å². The summed E-state index contributed by atoms with van der Waals surface area (Å²) >= 11 is 0. The number of amidine groups is 1. The van der Waals surface area contributed by atoms with Gasteiger partial charge in [-0.05, 0) is 68.8 Å². The van der Waals surface area contributed by atoms with Gasteiger partial charge in [0, 0.05) is 17.7 Å². The average Bonchev–Trinajstić information content (AvgIpc) is 2.89. The lowest BCUT2D eigenvalue weighted by Gasteiger charge is -2.28. The highest BCUT2D eigenvalue weighted by Crippen LogP contribution is 2.17. The minimum atomic E-state index is -1.58. The van der Waals surface area contributed by atoms with Crippen molar-refractivity contribution in [1.29, 1.82) is 5.41 Å². The number of nitrogens with zero attached hydrogens (tertiary/aromatic N) is 1. The van der Waals surface area contributed by atoms with Crippen LogP contribution in [0.5, 0.6) is 5.75 Å². The fraction of sp³-hybridized carbons (Fsp3) is 0.250. The van der Waals surface area contributed by atoms with Crippen LogP contribution < -0.4 is 10.5 Å². The first kappa shape index (κ1) is 29.5. The van der Waals surface area contributed by atoms with E-state index in [1.165, 1.54) is 30.3 Å². The fourth-order valence-corrected chi connectivity index (χ4v) is 3.36. The largest absolute Gasteiger partial charge is 0.464 e. The standard InChI is InChI=1S/C28H31N3O7/c1-5-16-31(23(27(34)36-6-2)28(35)37-7-3)25(32)18(4)17-19-8-10-21(11-9-19)26(33)38-22-14-12-20(13-15-22)24(29)30/h5,8-15,17,23H,1,6-7,16H2,2-4H3,(H3,29,30). The van der Waals surface area contributed by atoms with Gasteiger partial charge in [0.05, 0.1) is 18.8 Å². The second kappa shape index (κ2) is 14.1. The van der Waals surface area contributed by atoms with Crippen LogP contribution >= 0.6 is 0 Å². The second-order valence-electron chi connectivity index (χ2n) is 7.93. The van der Waals surface area contributed by atoms with Crippen LogP contribution in [0.15, 0.2) is 66.8 Å². The number of carbonyl (C=O) groups excluding carboxylic acids is 4. The number of amides is 1. The van der Waals surface area contributed by atoms with Crippen LogP contribution in [0.3, 0.4) is 0 Å². The number of ether oxygens (including phenoxy) is 3. The number of nitrogens with one attached hydrogen (secondary N) is 1. The van der Waals surface area contributed by atoms with Crippen LogP contribution in [0.25, 0.3) is 6.08 Å². The minimum Gasteiger partial charge on any atom is -0.464 e. The lowest BCUT2D eigenvalue weighted by molar-refractivity contribution is -0.166. The van der Waals surface area contributed by atoms with E-state index in [0.29, 0.717) is 16.9 Å². The van der Waals surface area contributed by atoms with Gasteiger partial charge in [0.2, 0.25) is 6.04 Å². The number of benzene rings is 2. The molecule has 200 valence electrons. The lowest BCUT2D eigenvalue weighted by atomic mass is 10.1. The van der Waals surface area contributed by atoms with E-state index in [0.717, 1.165) is 4.90 Å². The molecule has 3 N–H and O–H groups in total. The summed E-state index contributed by atoms with van der Waals surface area (Å²) in [5.41, 5.74) is 7.03. The molecule has 0 atom stereocenters. The lowest BCUT2D eigenvalue weighted by Crippen LogP contribution is -2.51. The van der Waals surface area contributed by atoms with E-state index >= 15 is 0 Å². The van der Waals surface area contributed by atoms with Crippen molar-refractivity contribution < 1.29 is 33.4 Å². The van der Waals surface area contributed by atoms with E-state index in [1.54, 1.807) is 51.1 Å². The van der Waals surface area contributed by atoms with Crippen molar-refractivity contribution in [3.8, 4) is 5.75 Å². The van der Waals surface area contributed by atoms with Crippen molar-refractivity contribution in [2.75, 3.05) is 19.8 Å². The van der Waals surface area contributed by atoms with Gasteiger partial charge < -0.3 is 24.8 Å². The first-order valence-corrected chi connectivity index (χ1v) is 11.8. The molecule has 0 unspecified atom stereocenters. The molecule has 0 radical (unpaired) electrons. The van der Waals surface area contributed by atoms with Crippen molar-refractivity contribution in [3.05, 3.63) is 83.4 Å². The first-order chi connectivity index (χ1) is 18.1. The summed E-state index contributed by atoms with van der Waals surface area (Å²) in [6, 6.07) is 11.0. The summed E-state index contributed by atoms with van der Waals surface area (Å²) in [4.78, 5) is 51.8. The Morgan fingerprint density at radius 2 is 1.47 bits per heavy atom. The normalized spacial score (nSPS) is 10.9. The van der Waals surface area contributed by atoms with Crippen molar-refractivity contribution in [2.24, 2.45) is 5.73 Å². The number of nitrogens with two attached hydrogens (primary N) is 1. The molecule has 0 bridgehead atoms. The molecule has 0 spiro atoms. The molecule has 2 aromatic carbocycles. The molecule has 1 amide bonds. The Labute approximate surface area is 221 Å². The molecule has 0 aliphatic heterocycles. The zero-order valence-corrected chi connectivity index (χ0v) is 21.6. The summed E-state index contributed by atoms with van der Waals surface area (Å²) in [6.07, 6.45) is 2.95. The van der Waals surface area contributed by atoms with Crippen LogP contribution in [0.2, 0.25) is 0 Å². The SMILES string of the molecule is C=CCN(C(=O)C(C)=Cc1ccc(C(=O)Oc2ccc(C(=N)N)cc2)cc1)C(C(=O)OCC)C(=O)OCC. The van der Waals surface area contributed by atoms with Crippen LogP contribution in [0.4, 0.5) is 0 Å². The van der Waals surface area contributed by atoms with Crippen LogP contribution in [-0.4, -0.2) is 60.4 Å². The van der Waals surface area contributed by atoms with E-state index in [-0.39, 0.29) is 36.7 Å². The van der Waals surface area contributed by atoms with E-state index < -0.39 is 29.9 Å². The fourth-order valence-electron chi connectivity index (χ4n) is 3.36. The highest BCUT2D eigenvalue weighted by molar-refractivity contribution is 6.06. The second-order valence-corrected chi connectivity index (χ2v) is 7.93. The van der Waals surface area contributed by atoms with Crippen LogP contribution in [0, 0.1) is 5.41 Å². The molecule has 10 nitrogen and oxygen atoms in total. The maximum atomic E-state index is 13.2. The predicted octanol–water partition coefficient (Wildman–Crippen LogP) is 3.10. The maximum absolute atomic E-state index is 13.2. The third-order valence-electron chi connectivity index (χ3n) is 5.16. The summed E-state index contributed by atoms with van der Waals surface area (Å²) in [6.45, 7) is 8.29. The highest BCUT2D eigenvalue weighted by Gasteiger charge is 2.38. The molecular formula is C28H31N3O7. The Morgan fingerprint density at radius 1 is 0.947 bits per heavy atom. The molecule has 0 saturated heterocycles. The minimum absolute atomic E-state index is 0.0260. The molecule has 0 aliphatic rings. The summed E-state index contributed by atoms with van der Waals surface area (Å²) < 4.78 is 15.3. The topological polar surface area (TPSA) is 149 Å². The molecule has 0 aliphatic carbocycles. The van der Waals surface area contributed by atoms with Crippen LogP contribution in [0.1, 0.15) is 42.3 Å². The van der Waals surface area contributed by atoms with Crippen molar-refractivity contribution >= 4 is 35.7 Å². The molecule has 38 heavy (non-hydrogen) atoms. The molecule has 2 aromatic rings. The quantitative estimate of drug-likeness (QED) is 0.0823. The van der Waals surface area contributed by atoms with E-state index in [4.69, 9.17) is 25.4 Å².